The summed E-state index contributed by atoms with van der Waals surface area (Å²) >= 11 is 6.12. The molecule has 1 atom stereocenters. The van der Waals surface area contributed by atoms with Gasteiger partial charge < -0.3 is 10.1 Å². The number of methoxy groups -OCH3 is 1. The van der Waals surface area contributed by atoms with E-state index in [1.165, 1.54) is 33.9 Å². The van der Waals surface area contributed by atoms with Crippen LogP contribution in [0.4, 0.5) is 0 Å². The van der Waals surface area contributed by atoms with E-state index >= 15 is 0 Å². The summed E-state index contributed by atoms with van der Waals surface area (Å²) in [5, 5.41) is 3.07. The quantitative estimate of drug-likeness (QED) is 0.522. The van der Waals surface area contributed by atoms with Gasteiger partial charge in [0.15, 0.2) is 0 Å². The Morgan fingerprint density at radius 2 is 1.54 bits per heavy atom. The van der Waals surface area contributed by atoms with E-state index in [4.69, 9.17) is 16.3 Å². The van der Waals surface area contributed by atoms with Gasteiger partial charge in [0.25, 0.3) is 0 Å². The van der Waals surface area contributed by atoms with Crippen molar-refractivity contribution in [3.05, 3.63) is 53.1 Å². The Labute approximate surface area is 223 Å². The summed E-state index contributed by atoms with van der Waals surface area (Å²) in [6, 6.07) is 10.8. The average Bonchev–Trinajstić information content (AvgIpc) is 2.92. The molecule has 0 spiro atoms. The highest BCUT2D eigenvalue weighted by Gasteiger charge is 2.33. The Balaban J connectivity index is 1.36. The molecule has 1 amide bonds. The minimum Gasteiger partial charge on any atom is -0.495 e. The first kappa shape index (κ1) is 27.8. The molecule has 2 saturated heterocycles. The van der Waals surface area contributed by atoms with Crippen LogP contribution in [0.2, 0.25) is 5.02 Å². The number of hydrogen-bond donors (Lipinski definition) is 1. The largest absolute Gasteiger partial charge is 0.495 e. The molecule has 0 radical (unpaired) electrons. The third-order valence-electron chi connectivity index (χ3n) is 6.86. The predicted octanol–water partition coefficient (Wildman–Crippen LogP) is 3.24. The fraction of sp³-hybridized carbons (Fsp3) is 0.480. The zero-order valence-electron chi connectivity index (χ0n) is 20.7. The highest BCUT2D eigenvalue weighted by atomic mass is 35.5. The number of piperidine rings is 2. The molecular weight excluding hydrogens is 538 g/mol. The zero-order valence-corrected chi connectivity index (χ0v) is 23.1. The summed E-state index contributed by atoms with van der Waals surface area (Å²) < 4.78 is 59.9. The van der Waals surface area contributed by atoms with Crippen LogP contribution in [0, 0.1) is 5.92 Å². The van der Waals surface area contributed by atoms with Crippen LogP contribution in [0.15, 0.2) is 52.3 Å². The predicted molar refractivity (Wildman–Crippen MR) is 140 cm³/mol. The van der Waals surface area contributed by atoms with Gasteiger partial charge in [0, 0.05) is 32.7 Å². The number of amides is 1. The molecule has 2 aliphatic rings. The lowest BCUT2D eigenvalue weighted by Gasteiger charge is -2.31. The first-order valence-corrected chi connectivity index (χ1v) is 15.6. The van der Waals surface area contributed by atoms with E-state index in [0.29, 0.717) is 38.2 Å². The van der Waals surface area contributed by atoms with Gasteiger partial charge in [0.2, 0.25) is 26.0 Å². The maximum absolute atomic E-state index is 13.2. The van der Waals surface area contributed by atoms with Gasteiger partial charge in [-0.15, -0.1) is 0 Å². The number of nitrogens with one attached hydrogen (secondary N) is 1. The second kappa shape index (κ2) is 11.7. The second-order valence-corrected chi connectivity index (χ2v) is 13.6. The molecule has 2 aliphatic heterocycles. The molecule has 0 aromatic heterocycles. The van der Waals surface area contributed by atoms with Crippen molar-refractivity contribution in [2.75, 3.05) is 33.3 Å². The van der Waals surface area contributed by atoms with Crippen LogP contribution >= 0.6 is 11.6 Å². The SMILES string of the molecule is COc1ccc(S(=O)(=O)N2CCC[C@@H](C(=O)NCc3ccc(S(=O)(=O)N4CCCCC4)cc3)C2)cc1Cl. The Bertz CT molecular complexity index is 1330. The van der Waals surface area contributed by atoms with Crippen molar-refractivity contribution in [1.29, 1.82) is 0 Å². The summed E-state index contributed by atoms with van der Waals surface area (Å²) in [5.74, 6) is -0.345. The molecule has 9 nitrogen and oxygen atoms in total. The molecule has 37 heavy (non-hydrogen) atoms. The topological polar surface area (TPSA) is 113 Å². The maximum atomic E-state index is 13.2. The van der Waals surface area contributed by atoms with Crippen LogP contribution in [0.3, 0.4) is 0 Å². The second-order valence-electron chi connectivity index (χ2n) is 9.33. The standard InChI is InChI=1S/C25H32ClN3O6S2/c1-35-24-12-11-22(16-23(24)26)37(33,34)29-15-5-6-20(18-29)25(30)27-17-19-7-9-21(10-8-19)36(31,32)28-13-3-2-4-14-28/h7-12,16,20H,2-6,13-15,17-18H2,1H3,(H,27,30)/t20-/m1/s1. The van der Waals surface area contributed by atoms with E-state index in [-0.39, 0.29) is 33.8 Å². The Morgan fingerprint density at radius 3 is 2.19 bits per heavy atom. The van der Waals surface area contributed by atoms with Crippen LogP contribution in [0.25, 0.3) is 0 Å². The summed E-state index contributed by atoms with van der Waals surface area (Å²) in [6.45, 7) is 1.70. The highest BCUT2D eigenvalue weighted by Crippen LogP contribution is 2.30. The maximum Gasteiger partial charge on any atom is 0.243 e. The first-order valence-electron chi connectivity index (χ1n) is 12.3. The van der Waals surface area contributed by atoms with Gasteiger partial charge in [-0.3, -0.25) is 4.79 Å². The molecule has 202 valence electrons. The molecule has 0 saturated carbocycles. The summed E-state index contributed by atoms with van der Waals surface area (Å²) in [5.41, 5.74) is 0.763. The lowest BCUT2D eigenvalue weighted by atomic mass is 9.99. The molecule has 0 bridgehead atoms. The third-order valence-corrected chi connectivity index (χ3v) is 10.9. The Kier molecular flexibility index (Phi) is 8.80. The van der Waals surface area contributed by atoms with Crippen LogP contribution in [-0.2, 0) is 31.4 Å². The van der Waals surface area contributed by atoms with Crippen LogP contribution in [0.5, 0.6) is 5.75 Å². The number of ether oxygens (including phenoxy) is 1. The lowest BCUT2D eigenvalue weighted by molar-refractivity contribution is -0.126. The number of halogens is 1. The van der Waals surface area contributed by atoms with Crippen molar-refractivity contribution in [3.63, 3.8) is 0 Å². The normalized spacial score (nSPS) is 19.9. The molecular formula is C25H32ClN3O6S2. The van der Waals surface area contributed by atoms with Crippen molar-refractivity contribution in [1.82, 2.24) is 13.9 Å². The lowest BCUT2D eigenvalue weighted by Crippen LogP contribution is -2.45. The van der Waals surface area contributed by atoms with Crippen LogP contribution in [0.1, 0.15) is 37.7 Å². The summed E-state index contributed by atoms with van der Waals surface area (Å²) in [7, 11) is -5.87. The molecule has 0 unspecified atom stereocenters. The number of sulfonamides is 2. The Morgan fingerprint density at radius 1 is 0.919 bits per heavy atom. The molecule has 4 rings (SSSR count). The number of carbonyl (C=O) groups is 1. The van der Waals surface area contributed by atoms with Crippen molar-refractivity contribution in [2.45, 2.75) is 48.4 Å². The molecule has 2 aromatic carbocycles. The number of nitrogens with zero attached hydrogens (tertiary/aromatic N) is 2. The first-order chi connectivity index (χ1) is 17.6. The van der Waals surface area contributed by atoms with Gasteiger partial charge in [-0.25, -0.2) is 16.8 Å². The summed E-state index contributed by atoms with van der Waals surface area (Å²) in [4.78, 5) is 13.2. The van der Waals surface area contributed by atoms with Crippen molar-refractivity contribution in [3.8, 4) is 5.75 Å². The fourth-order valence-corrected chi connectivity index (χ4v) is 8.09. The van der Waals surface area contributed by atoms with E-state index in [1.54, 1.807) is 24.3 Å². The molecule has 2 fully saturated rings. The van der Waals surface area contributed by atoms with Gasteiger partial charge >= 0.3 is 0 Å². The summed E-state index contributed by atoms with van der Waals surface area (Å²) in [6.07, 6.45) is 3.93. The minimum absolute atomic E-state index is 0.0546. The van der Waals surface area contributed by atoms with Crippen LogP contribution < -0.4 is 10.1 Å². The molecule has 1 N–H and O–H groups in total. The van der Waals surface area contributed by atoms with Gasteiger partial charge in [-0.05, 0) is 61.6 Å². The van der Waals surface area contributed by atoms with E-state index in [9.17, 15) is 21.6 Å². The van der Waals surface area contributed by atoms with Gasteiger partial charge in [-0.1, -0.05) is 30.2 Å². The van der Waals surface area contributed by atoms with E-state index in [1.807, 2.05) is 0 Å². The zero-order chi connectivity index (χ0) is 26.6. The molecule has 0 aliphatic carbocycles. The smallest absolute Gasteiger partial charge is 0.243 e. The minimum atomic E-state index is -3.82. The highest BCUT2D eigenvalue weighted by molar-refractivity contribution is 7.89. The number of benzene rings is 2. The number of rotatable bonds is 8. The van der Waals surface area contributed by atoms with Gasteiger partial charge in [-0.2, -0.15) is 8.61 Å². The van der Waals surface area contributed by atoms with Crippen molar-refractivity contribution in [2.24, 2.45) is 5.92 Å². The van der Waals surface area contributed by atoms with Crippen molar-refractivity contribution >= 4 is 37.6 Å². The van der Waals surface area contributed by atoms with E-state index < -0.39 is 26.0 Å². The monoisotopic (exact) mass is 569 g/mol. The number of carbonyl (C=O) groups excluding carboxylic acids is 1. The third kappa shape index (κ3) is 6.28. The Hall–Kier alpha value is -2.18. The van der Waals surface area contributed by atoms with E-state index in [0.717, 1.165) is 24.8 Å². The van der Waals surface area contributed by atoms with E-state index in [2.05, 4.69) is 5.32 Å². The van der Waals surface area contributed by atoms with Crippen LogP contribution in [-0.4, -0.2) is 64.6 Å². The van der Waals surface area contributed by atoms with Gasteiger partial charge in [0.05, 0.1) is 27.8 Å². The fourth-order valence-electron chi connectivity index (χ4n) is 4.70. The average molecular weight is 570 g/mol. The van der Waals surface area contributed by atoms with Crippen molar-refractivity contribution < 1.29 is 26.4 Å². The number of hydrogen-bond acceptors (Lipinski definition) is 6. The molecule has 2 aromatic rings. The van der Waals surface area contributed by atoms with Gasteiger partial charge in [0.1, 0.15) is 5.75 Å². The molecule has 2 heterocycles. The molecule has 12 heteroatoms.